The summed E-state index contributed by atoms with van der Waals surface area (Å²) in [7, 11) is 0. The van der Waals surface area contributed by atoms with Crippen molar-refractivity contribution >= 4 is 0 Å². The molecule has 1 saturated carbocycles. The highest BCUT2D eigenvalue weighted by atomic mass is 16.3. The molecule has 0 bridgehead atoms. The highest BCUT2D eigenvalue weighted by Crippen LogP contribution is 2.58. The van der Waals surface area contributed by atoms with Gasteiger partial charge in [0.2, 0.25) is 0 Å². The second-order valence-corrected chi connectivity index (χ2v) is 7.20. The van der Waals surface area contributed by atoms with E-state index in [1.165, 1.54) is 0 Å². The smallest absolute Gasteiger partial charge is 0.0652 e. The molecule has 0 aromatic rings. The van der Waals surface area contributed by atoms with Gasteiger partial charge in [-0.05, 0) is 101 Å². The minimum atomic E-state index is -0.267. The van der Waals surface area contributed by atoms with Crippen LogP contribution in [0.25, 0.3) is 0 Å². The van der Waals surface area contributed by atoms with E-state index >= 15 is 0 Å². The fraction of sp³-hybridized carbons (Fsp3) is 1.00. The molecule has 0 heterocycles. The fourth-order valence-electron chi connectivity index (χ4n) is 4.53. The molecule has 5 nitrogen and oxygen atoms in total. The quantitative estimate of drug-likeness (QED) is 0.368. The molecule has 0 atom stereocenters. The Morgan fingerprint density at radius 1 is 0.636 bits per heavy atom. The third-order valence-electron chi connectivity index (χ3n) is 5.80. The van der Waals surface area contributed by atoms with Crippen molar-refractivity contribution in [3.05, 3.63) is 0 Å². The molecule has 0 aromatic carbocycles. The summed E-state index contributed by atoms with van der Waals surface area (Å²) in [6, 6.07) is 0. The molecule has 1 rings (SSSR count). The van der Waals surface area contributed by atoms with E-state index < -0.39 is 0 Å². The van der Waals surface area contributed by atoms with Crippen LogP contribution in [-0.2, 0) is 0 Å². The second kappa shape index (κ2) is 9.83. The zero-order chi connectivity index (χ0) is 16.5. The largest absolute Gasteiger partial charge is 0.392 e. The molecule has 132 valence electrons. The third kappa shape index (κ3) is 4.65. The van der Waals surface area contributed by atoms with Gasteiger partial charge in [-0.3, -0.25) is 0 Å². The van der Waals surface area contributed by atoms with E-state index in [4.69, 9.17) is 22.9 Å². The van der Waals surface area contributed by atoms with Crippen LogP contribution in [0, 0.1) is 10.8 Å². The summed E-state index contributed by atoms with van der Waals surface area (Å²) < 4.78 is 0. The van der Waals surface area contributed by atoms with Crippen molar-refractivity contribution in [3.8, 4) is 0 Å². The van der Waals surface area contributed by atoms with Gasteiger partial charge in [0.15, 0.2) is 0 Å². The fourth-order valence-corrected chi connectivity index (χ4v) is 4.53. The average molecular weight is 315 g/mol. The topological polar surface area (TPSA) is 124 Å². The summed E-state index contributed by atoms with van der Waals surface area (Å²) in [4.78, 5) is 0. The van der Waals surface area contributed by atoms with Crippen LogP contribution in [0.1, 0.15) is 64.2 Å². The Balaban J connectivity index is 2.90. The van der Waals surface area contributed by atoms with Crippen LogP contribution in [-0.4, -0.2) is 37.4 Å². The van der Waals surface area contributed by atoms with Gasteiger partial charge in [-0.2, -0.15) is 0 Å². The Morgan fingerprint density at radius 3 is 1.14 bits per heavy atom. The number of rotatable bonds is 12. The summed E-state index contributed by atoms with van der Waals surface area (Å²) in [5.41, 5.74) is 22.9. The Hall–Kier alpha value is -0.200. The molecular formula is C17H38N4O. The lowest BCUT2D eigenvalue weighted by atomic mass is 9.68. The number of aliphatic hydroxyl groups is 1. The number of hydrogen-bond acceptors (Lipinski definition) is 5. The normalized spacial score (nSPS) is 20.6. The number of aliphatic hydroxyl groups excluding tert-OH is 1. The zero-order valence-electron chi connectivity index (χ0n) is 14.2. The first-order chi connectivity index (χ1) is 10.6. The second-order valence-electron chi connectivity index (χ2n) is 7.20. The van der Waals surface area contributed by atoms with Crippen molar-refractivity contribution in [3.63, 3.8) is 0 Å². The van der Waals surface area contributed by atoms with E-state index in [1.807, 2.05) is 0 Å². The lowest BCUT2D eigenvalue weighted by molar-refractivity contribution is -0.0431. The van der Waals surface area contributed by atoms with E-state index in [1.54, 1.807) is 0 Å². The predicted molar refractivity (Wildman–Crippen MR) is 93.3 cm³/mol. The summed E-state index contributed by atoms with van der Waals surface area (Å²) in [5, 5.41) is 11.3. The highest BCUT2D eigenvalue weighted by Gasteiger charge is 2.54. The van der Waals surface area contributed by atoms with Crippen molar-refractivity contribution in [2.75, 3.05) is 26.2 Å². The van der Waals surface area contributed by atoms with Gasteiger partial charge in [0.05, 0.1) is 6.10 Å². The summed E-state index contributed by atoms with van der Waals surface area (Å²) in [6.45, 7) is 2.76. The SMILES string of the molecule is NCCCC1(CCCN)CCC(CCCN)(CCCN)C1O. The molecule has 0 spiro atoms. The molecule has 0 saturated heterocycles. The standard InChI is InChI=1S/C17H38N4O/c18-11-1-5-16(6-2-12-19)9-10-17(15(16)22,7-3-13-20)8-4-14-21/h15,22H,1-14,18-21H2. The third-order valence-corrected chi connectivity index (χ3v) is 5.80. The van der Waals surface area contributed by atoms with Crippen molar-refractivity contribution in [2.45, 2.75) is 70.3 Å². The molecular weight excluding hydrogens is 276 g/mol. The van der Waals surface area contributed by atoms with Gasteiger partial charge in [-0.1, -0.05) is 0 Å². The number of hydrogen-bond donors (Lipinski definition) is 5. The number of nitrogens with two attached hydrogens (primary N) is 4. The van der Waals surface area contributed by atoms with Gasteiger partial charge in [0, 0.05) is 0 Å². The van der Waals surface area contributed by atoms with E-state index in [-0.39, 0.29) is 16.9 Å². The first-order valence-electron chi connectivity index (χ1n) is 9.09. The summed E-state index contributed by atoms with van der Waals surface area (Å²) in [5.74, 6) is 0. The van der Waals surface area contributed by atoms with E-state index in [9.17, 15) is 5.11 Å². The Bertz CT molecular complexity index is 254. The van der Waals surface area contributed by atoms with Gasteiger partial charge < -0.3 is 28.0 Å². The Labute approximate surface area is 136 Å². The van der Waals surface area contributed by atoms with E-state index in [0.717, 1.165) is 64.2 Å². The first-order valence-corrected chi connectivity index (χ1v) is 9.09. The van der Waals surface area contributed by atoms with Gasteiger partial charge in [-0.25, -0.2) is 0 Å². The molecule has 1 fully saturated rings. The van der Waals surface area contributed by atoms with Crippen molar-refractivity contribution in [2.24, 2.45) is 33.8 Å². The lowest BCUT2D eigenvalue weighted by Crippen LogP contribution is -2.41. The predicted octanol–water partition coefficient (Wildman–Crippen LogP) is 1.07. The minimum Gasteiger partial charge on any atom is -0.392 e. The lowest BCUT2D eigenvalue weighted by Gasteiger charge is -2.41. The maximum absolute atomic E-state index is 11.3. The van der Waals surface area contributed by atoms with E-state index in [2.05, 4.69) is 0 Å². The van der Waals surface area contributed by atoms with Crippen molar-refractivity contribution in [1.82, 2.24) is 0 Å². The van der Waals surface area contributed by atoms with E-state index in [0.29, 0.717) is 26.2 Å². The first kappa shape index (κ1) is 19.8. The molecule has 22 heavy (non-hydrogen) atoms. The van der Waals surface area contributed by atoms with Crippen LogP contribution in [0.2, 0.25) is 0 Å². The van der Waals surface area contributed by atoms with Crippen LogP contribution < -0.4 is 22.9 Å². The monoisotopic (exact) mass is 314 g/mol. The molecule has 1 aliphatic carbocycles. The maximum atomic E-state index is 11.3. The molecule has 0 aromatic heterocycles. The zero-order valence-corrected chi connectivity index (χ0v) is 14.2. The minimum absolute atomic E-state index is 0.00192. The molecule has 0 aliphatic heterocycles. The Kier molecular flexibility index (Phi) is 8.87. The molecule has 9 N–H and O–H groups in total. The van der Waals surface area contributed by atoms with Crippen LogP contribution in [0.4, 0.5) is 0 Å². The highest BCUT2D eigenvalue weighted by molar-refractivity contribution is 5.05. The summed E-state index contributed by atoms with van der Waals surface area (Å²) in [6.07, 6.45) is 9.86. The summed E-state index contributed by atoms with van der Waals surface area (Å²) >= 11 is 0. The van der Waals surface area contributed by atoms with Crippen LogP contribution in [0.5, 0.6) is 0 Å². The van der Waals surface area contributed by atoms with Gasteiger partial charge in [-0.15, -0.1) is 0 Å². The van der Waals surface area contributed by atoms with Crippen molar-refractivity contribution in [1.29, 1.82) is 0 Å². The molecule has 5 heteroatoms. The van der Waals surface area contributed by atoms with Gasteiger partial charge in [0.25, 0.3) is 0 Å². The van der Waals surface area contributed by atoms with Crippen molar-refractivity contribution < 1.29 is 5.11 Å². The van der Waals surface area contributed by atoms with Gasteiger partial charge >= 0.3 is 0 Å². The van der Waals surface area contributed by atoms with Gasteiger partial charge in [0.1, 0.15) is 0 Å². The van der Waals surface area contributed by atoms with Crippen LogP contribution >= 0.6 is 0 Å². The average Bonchev–Trinajstić information content (AvgIpc) is 2.81. The molecule has 0 unspecified atom stereocenters. The molecule has 0 amide bonds. The molecule has 1 aliphatic rings. The maximum Gasteiger partial charge on any atom is 0.0652 e. The Morgan fingerprint density at radius 2 is 0.909 bits per heavy atom. The van der Waals surface area contributed by atoms with Crippen LogP contribution in [0.3, 0.4) is 0 Å². The van der Waals surface area contributed by atoms with Crippen LogP contribution in [0.15, 0.2) is 0 Å². The molecule has 0 radical (unpaired) electrons.